The van der Waals surface area contributed by atoms with Crippen molar-refractivity contribution in [3.8, 4) is 5.75 Å². The third kappa shape index (κ3) is 3.41. The maximum Gasteiger partial charge on any atom is 0.322 e. The first-order chi connectivity index (χ1) is 17.1. The number of phenols is 1. The number of aromatic hydroxyl groups is 1. The van der Waals surface area contributed by atoms with Gasteiger partial charge in [0.05, 0.1) is 24.5 Å². The molecule has 1 saturated carbocycles. The Morgan fingerprint density at radius 3 is 2.47 bits per heavy atom. The molecule has 0 spiro atoms. The number of Topliss-reactive ketones (excluding diaryl/α,β-unsaturated/α-hetero) is 3. The number of ether oxygens (including phenoxy) is 1. The Morgan fingerprint density at radius 2 is 1.81 bits per heavy atom. The highest BCUT2D eigenvalue weighted by atomic mass is 16.5. The number of benzene rings is 1. The predicted molar refractivity (Wildman–Crippen MR) is 124 cm³/mol. The highest BCUT2D eigenvalue weighted by Crippen LogP contribution is 2.52. The molecule has 1 aromatic carbocycles. The van der Waals surface area contributed by atoms with E-state index in [9.17, 15) is 39.6 Å². The summed E-state index contributed by atoms with van der Waals surface area (Å²) in [5.74, 6) is -6.00. The number of morpholine rings is 1. The average Bonchev–Trinajstić information content (AvgIpc) is 2.83. The van der Waals surface area contributed by atoms with Crippen LogP contribution < -0.4 is 5.32 Å². The SMILES string of the molecule is CC(=O)C1=C(O)[C@@]2(O)C(=O)C3=C(O)c4c(ccc(NC(=O)N5CCOCC5)c4O)C[C@H]3C[C@H]2CC1=O. The number of nitrogens with zero attached hydrogens (tertiary/aromatic N) is 1. The molecule has 1 heterocycles. The van der Waals surface area contributed by atoms with Crippen LogP contribution in [0.2, 0.25) is 0 Å². The van der Waals surface area contributed by atoms with Crippen molar-refractivity contribution in [2.24, 2.45) is 11.8 Å². The number of aliphatic hydroxyl groups excluding tert-OH is 2. The summed E-state index contributed by atoms with van der Waals surface area (Å²) >= 11 is 0. The number of nitrogens with one attached hydrogen (secondary N) is 1. The highest BCUT2D eigenvalue weighted by Gasteiger charge is 2.60. The van der Waals surface area contributed by atoms with E-state index in [1.54, 1.807) is 6.07 Å². The van der Waals surface area contributed by atoms with Crippen molar-refractivity contribution >= 4 is 34.8 Å². The van der Waals surface area contributed by atoms with Gasteiger partial charge in [0.1, 0.15) is 22.8 Å². The van der Waals surface area contributed by atoms with Gasteiger partial charge >= 0.3 is 6.03 Å². The number of hydrogen-bond acceptors (Lipinski definition) is 9. The van der Waals surface area contributed by atoms with Gasteiger partial charge in [-0.2, -0.15) is 0 Å². The number of hydrogen-bond donors (Lipinski definition) is 5. The van der Waals surface area contributed by atoms with Crippen molar-refractivity contribution in [2.45, 2.75) is 31.8 Å². The van der Waals surface area contributed by atoms with Crippen LogP contribution in [-0.2, 0) is 25.5 Å². The van der Waals surface area contributed by atoms with E-state index in [2.05, 4.69) is 5.32 Å². The quantitative estimate of drug-likeness (QED) is 0.298. The van der Waals surface area contributed by atoms with Gasteiger partial charge in [-0.3, -0.25) is 14.4 Å². The van der Waals surface area contributed by atoms with Crippen molar-refractivity contribution in [3.05, 3.63) is 40.2 Å². The number of phenolic OH excluding ortho intramolecular Hbond substituents is 1. The number of allylic oxidation sites excluding steroid dienone is 1. The number of anilines is 1. The van der Waals surface area contributed by atoms with E-state index in [0.717, 1.165) is 6.92 Å². The molecular weight excluding hydrogens is 472 g/mol. The largest absolute Gasteiger partial charge is 0.508 e. The molecular formula is C25H26N2O9. The van der Waals surface area contributed by atoms with Crippen molar-refractivity contribution in [1.29, 1.82) is 0 Å². The molecule has 3 atom stereocenters. The second kappa shape index (κ2) is 8.45. The van der Waals surface area contributed by atoms with Crippen LogP contribution in [0.1, 0.15) is 30.9 Å². The fourth-order valence-corrected chi connectivity index (χ4v) is 5.77. The Bertz CT molecular complexity index is 1270. The molecule has 11 heteroatoms. The lowest BCUT2D eigenvalue weighted by Crippen LogP contribution is -2.57. The van der Waals surface area contributed by atoms with E-state index < -0.39 is 63.7 Å². The smallest absolute Gasteiger partial charge is 0.322 e. The molecule has 190 valence electrons. The molecule has 3 aliphatic carbocycles. The number of carbonyl (C=O) groups is 4. The summed E-state index contributed by atoms with van der Waals surface area (Å²) in [7, 11) is 0. The molecule has 5 rings (SSSR count). The number of fused-ring (bicyclic) bond motifs is 3. The van der Waals surface area contributed by atoms with Gasteiger partial charge in [0, 0.05) is 31.0 Å². The van der Waals surface area contributed by atoms with E-state index in [1.165, 1.54) is 11.0 Å². The van der Waals surface area contributed by atoms with Crippen molar-refractivity contribution in [2.75, 3.05) is 31.6 Å². The van der Waals surface area contributed by atoms with Crippen LogP contribution in [0.5, 0.6) is 5.75 Å². The summed E-state index contributed by atoms with van der Waals surface area (Å²) < 4.78 is 5.23. The third-order valence-electron chi connectivity index (χ3n) is 7.58. The van der Waals surface area contributed by atoms with Gasteiger partial charge in [0.2, 0.25) is 5.78 Å². The second-order valence-electron chi connectivity index (χ2n) is 9.62. The molecule has 0 aromatic heterocycles. The van der Waals surface area contributed by atoms with Gasteiger partial charge in [0.15, 0.2) is 17.2 Å². The van der Waals surface area contributed by atoms with Crippen LogP contribution >= 0.6 is 0 Å². The van der Waals surface area contributed by atoms with Crippen LogP contribution in [0.15, 0.2) is 29.0 Å². The summed E-state index contributed by atoms with van der Waals surface area (Å²) in [5.41, 5.74) is -2.86. The minimum atomic E-state index is -2.54. The second-order valence-corrected chi connectivity index (χ2v) is 9.62. The predicted octanol–water partition coefficient (Wildman–Crippen LogP) is 1.39. The van der Waals surface area contributed by atoms with E-state index in [-0.39, 0.29) is 36.1 Å². The average molecular weight is 498 g/mol. The number of carbonyl (C=O) groups excluding carboxylic acids is 4. The fraction of sp³-hybridized carbons (Fsp3) is 0.440. The Kier molecular flexibility index (Phi) is 5.64. The zero-order chi connectivity index (χ0) is 25.9. The summed E-state index contributed by atoms with van der Waals surface area (Å²) in [4.78, 5) is 52.1. The molecule has 0 unspecified atom stereocenters. The number of ketones is 3. The van der Waals surface area contributed by atoms with Gasteiger partial charge in [-0.05, 0) is 37.3 Å². The summed E-state index contributed by atoms with van der Waals surface area (Å²) in [6, 6.07) is 2.67. The summed E-state index contributed by atoms with van der Waals surface area (Å²) in [5, 5.41) is 46.7. The van der Waals surface area contributed by atoms with Crippen molar-refractivity contribution in [3.63, 3.8) is 0 Å². The summed E-state index contributed by atoms with van der Waals surface area (Å²) in [6.07, 6.45) is 0.0191. The molecule has 1 aromatic rings. The van der Waals surface area contributed by atoms with E-state index in [4.69, 9.17) is 4.74 Å². The molecule has 0 bridgehead atoms. The van der Waals surface area contributed by atoms with E-state index in [1.807, 2.05) is 0 Å². The summed E-state index contributed by atoms with van der Waals surface area (Å²) in [6.45, 7) is 2.60. The van der Waals surface area contributed by atoms with Gasteiger partial charge in [-0.1, -0.05) is 6.07 Å². The molecule has 1 saturated heterocycles. The zero-order valence-electron chi connectivity index (χ0n) is 19.5. The van der Waals surface area contributed by atoms with Crippen LogP contribution in [0.3, 0.4) is 0 Å². The lowest BCUT2D eigenvalue weighted by Gasteiger charge is -2.46. The number of urea groups is 1. The standard InChI is InChI=1S/C25H26N2O9/c1-11(28)17-16(29)10-14-9-13-8-12-2-3-15(26-24(34)27-4-6-36-7-5-27)20(30)18(12)21(31)19(13)23(33)25(14,35)22(17)32/h2-3,13-14,30-32,35H,4-10H2,1H3,(H,26,34)/t13-,14-,25+/m0/s1. The van der Waals surface area contributed by atoms with Crippen LogP contribution in [0.25, 0.3) is 5.76 Å². The molecule has 36 heavy (non-hydrogen) atoms. The lowest BCUT2D eigenvalue weighted by atomic mass is 9.59. The molecule has 4 aliphatic rings. The molecule has 2 amide bonds. The first-order valence-corrected chi connectivity index (χ1v) is 11.7. The zero-order valence-corrected chi connectivity index (χ0v) is 19.5. The molecule has 1 aliphatic heterocycles. The van der Waals surface area contributed by atoms with Crippen LogP contribution in [-0.4, -0.2) is 80.6 Å². The number of rotatable bonds is 2. The Hall–Kier alpha value is -3.70. The van der Waals surface area contributed by atoms with E-state index in [0.29, 0.717) is 31.9 Å². The Labute approximate surface area is 205 Å². The van der Waals surface area contributed by atoms with Crippen molar-refractivity contribution in [1.82, 2.24) is 4.90 Å². The molecule has 2 fully saturated rings. The molecule has 5 N–H and O–H groups in total. The lowest BCUT2D eigenvalue weighted by molar-refractivity contribution is -0.147. The Balaban J connectivity index is 1.55. The Morgan fingerprint density at radius 1 is 1.11 bits per heavy atom. The normalized spacial score (nSPS) is 27.9. The number of amides is 2. The molecule has 0 radical (unpaired) electrons. The maximum atomic E-state index is 13.5. The topological polar surface area (TPSA) is 174 Å². The van der Waals surface area contributed by atoms with Gasteiger partial charge in [-0.15, -0.1) is 0 Å². The first kappa shape index (κ1) is 24.0. The van der Waals surface area contributed by atoms with Gasteiger partial charge in [-0.25, -0.2) is 4.79 Å². The van der Waals surface area contributed by atoms with Crippen molar-refractivity contribution < 1.29 is 44.3 Å². The first-order valence-electron chi connectivity index (χ1n) is 11.7. The van der Waals surface area contributed by atoms with Crippen LogP contribution in [0.4, 0.5) is 10.5 Å². The van der Waals surface area contributed by atoms with E-state index >= 15 is 0 Å². The fourth-order valence-electron chi connectivity index (χ4n) is 5.77. The van der Waals surface area contributed by atoms with Gasteiger partial charge < -0.3 is 35.4 Å². The third-order valence-corrected chi connectivity index (χ3v) is 7.58. The van der Waals surface area contributed by atoms with Crippen LogP contribution in [0, 0.1) is 11.8 Å². The maximum absolute atomic E-state index is 13.5. The highest BCUT2D eigenvalue weighted by molar-refractivity contribution is 6.23. The number of aliphatic hydroxyl groups is 3. The monoisotopic (exact) mass is 498 g/mol. The minimum Gasteiger partial charge on any atom is -0.508 e. The molecule has 11 nitrogen and oxygen atoms in total. The minimum absolute atomic E-state index is 0.0283. The van der Waals surface area contributed by atoms with Gasteiger partial charge in [0.25, 0.3) is 0 Å².